The van der Waals surface area contributed by atoms with E-state index in [2.05, 4.69) is 0 Å². The second-order valence-electron chi connectivity index (χ2n) is 4.44. The minimum absolute atomic E-state index is 0.0960. The number of aliphatic hydroxyl groups is 1. The highest BCUT2D eigenvalue weighted by atomic mass is 35.5. The number of benzene rings is 2. The van der Waals surface area contributed by atoms with Gasteiger partial charge in [0.05, 0.1) is 10.0 Å². The zero-order valence-electron chi connectivity index (χ0n) is 10.7. The van der Waals surface area contributed by atoms with Gasteiger partial charge >= 0.3 is 0 Å². The quantitative estimate of drug-likeness (QED) is 0.858. The fraction of sp³-hybridized carbons (Fsp3) is 0.200. The van der Waals surface area contributed by atoms with E-state index in [1.165, 1.54) is 18.2 Å². The molecule has 0 aliphatic heterocycles. The Bertz CT molecular complexity index is 617. The van der Waals surface area contributed by atoms with Crippen LogP contribution in [0.15, 0.2) is 36.4 Å². The number of ether oxygens (including phenoxy) is 1. The molecule has 0 aliphatic carbocycles. The predicted octanol–water partition coefficient (Wildman–Crippen LogP) is 5.02. The van der Waals surface area contributed by atoms with E-state index in [0.29, 0.717) is 27.1 Å². The van der Waals surface area contributed by atoms with Crippen molar-refractivity contribution >= 4 is 23.2 Å². The molecule has 2 rings (SSSR count). The van der Waals surface area contributed by atoms with Gasteiger partial charge in [0, 0.05) is 24.2 Å². The number of hydrogen-bond donors (Lipinski definition) is 1. The molecule has 0 spiro atoms. The lowest BCUT2D eigenvalue weighted by molar-refractivity contribution is 0.270. The third-order valence-corrected chi connectivity index (χ3v) is 3.63. The fourth-order valence-electron chi connectivity index (χ4n) is 1.76. The molecule has 20 heavy (non-hydrogen) atoms. The first kappa shape index (κ1) is 15.1. The summed E-state index contributed by atoms with van der Waals surface area (Å²) < 4.78 is 19.0. The van der Waals surface area contributed by atoms with E-state index in [1.54, 1.807) is 25.1 Å². The van der Waals surface area contributed by atoms with Crippen LogP contribution in [0.4, 0.5) is 4.39 Å². The molecule has 2 aromatic carbocycles. The molecule has 5 heteroatoms. The molecular formula is C15H13Cl2FO2. The largest absolute Gasteiger partial charge is 0.457 e. The van der Waals surface area contributed by atoms with Gasteiger partial charge in [-0.3, -0.25) is 0 Å². The van der Waals surface area contributed by atoms with E-state index in [-0.39, 0.29) is 18.3 Å². The minimum atomic E-state index is -0.373. The van der Waals surface area contributed by atoms with Gasteiger partial charge in [-0.05, 0) is 30.3 Å². The molecule has 0 amide bonds. The van der Waals surface area contributed by atoms with Gasteiger partial charge in [0.1, 0.15) is 17.3 Å². The normalized spacial score (nSPS) is 12.2. The highest BCUT2D eigenvalue weighted by Gasteiger charge is 2.13. The van der Waals surface area contributed by atoms with Crippen molar-refractivity contribution in [2.24, 2.45) is 0 Å². The second kappa shape index (κ2) is 6.44. The Hall–Kier alpha value is -1.29. The summed E-state index contributed by atoms with van der Waals surface area (Å²) in [7, 11) is 0. The maximum Gasteiger partial charge on any atom is 0.131 e. The standard InChI is InChI=1S/C15H13Cl2FO2/c1-9(8-19)12-6-10(18)2-5-15(12)20-11-3-4-13(16)14(17)7-11/h2-7,9,19H,8H2,1H3. The lowest BCUT2D eigenvalue weighted by atomic mass is 10.0. The first-order valence-electron chi connectivity index (χ1n) is 6.04. The lowest BCUT2D eigenvalue weighted by Gasteiger charge is -2.15. The van der Waals surface area contributed by atoms with E-state index < -0.39 is 0 Å². The molecular weight excluding hydrogens is 302 g/mol. The van der Waals surface area contributed by atoms with E-state index in [4.69, 9.17) is 27.9 Å². The van der Waals surface area contributed by atoms with Crippen LogP contribution in [-0.4, -0.2) is 11.7 Å². The monoisotopic (exact) mass is 314 g/mol. The van der Waals surface area contributed by atoms with Crippen molar-refractivity contribution in [1.82, 2.24) is 0 Å². The van der Waals surface area contributed by atoms with E-state index in [1.807, 2.05) is 0 Å². The fourth-order valence-corrected chi connectivity index (χ4v) is 2.05. The van der Waals surface area contributed by atoms with Crippen molar-refractivity contribution in [2.45, 2.75) is 12.8 Å². The number of halogens is 3. The molecule has 0 radical (unpaired) electrons. The van der Waals surface area contributed by atoms with E-state index in [0.717, 1.165) is 0 Å². The minimum Gasteiger partial charge on any atom is -0.457 e. The highest BCUT2D eigenvalue weighted by molar-refractivity contribution is 6.42. The average Bonchev–Trinajstić information content (AvgIpc) is 2.44. The summed E-state index contributed by atoms with van der Waals surface area (Å²) in [6, 6.07) is 9.07. The van der Waals surface area contributed by atoms with Gasteiger partial charge in [0.15, 0.2) is 0 Å². The number of hydrogen-bond acceptors (Lipinski definition) is 2. The molecule has 0 aliphatic rings. The topological polar surface area (TPSA) is 29.5 Å². The Morgan fingerprint density at radius 1 is 1.15 bits per heavy atom. The molecule has 1 unspecified atom stereocenters. The first-order valence-corrected chi connectivity index (χ1v) is 6.80. The number of aliphatic hydroxyl groups excluding tert-OH is 1. The summed E-state index contributed by atoms with van der Waals surface area (Å²) in [5, 5.41) is 10.0. The third kappa shape index (κ3) is 3.42. The molecule has 1 N–H and O–H groups in total. The summed E-state index contributed by atoms with van der Waals surface area (Å²) in [6.07, 6.45) is 0. The molecule has 1 atom stereocenters. The Labute approximate surface area is 126 Å². The highest BCUT2D eigenvalue weighted by Crippen LogP contribution is 2.33. The van der Waals surface area contributed by atoms with Crippen molar-refractivity contribution in [2.75, 3.05) is 6.61 Å². The van der Waals surface area contributed by atoms with Gasteiger partial charge in [0.2, 0.25) is 0 Å². The van der Waals surface area contributed by atoms with Crippen LogP contribution >= 0.6 is 23.2 Å². The Kier molecular flexibility index (Phi) is 4.86. The second-order valence-corrected chi connectivity index (χ2v) is 5.26. The number of rotatable bonds is 4. The maximum atomic E-state index is 13.3. The van der Waals surface area contributed by atoms with Gasteiger partial charge in [-0.25, -0.2) is 4.39 Å². The maximum absolute atomic E-state index is 13.3. The Balaban J connectivity index is 2.35. The zero-order chi connectivity index (χ0) is 14.7. The van der Waals surface area contributed by atoms with Crippen LogP contribution in [0.25, 0.3) is 0 Å². The third-order valence-electron chi connectivity index (χ3n) is 2.90. The molecule has 0 heterocycles. The molecule has 0 saturated heterocycles. The van der Waals surface area contributed by atoms with Crippen molar-refractivity contribution in [1.29, 1.82) is 0 Å². The first-order chi connectivity index (χ1) is 9.51. The lowest BCUT2D eigenvalue weighted by Crippen LogP contribution is -2.02. The van der Waals surface area contributed by atoms with Gasteiger partial charge in [0.25, 0.3) is 0 Å². The van der Waals surface area contributed by atoms with Crippen molar-refractivity contribution in [3.8, 4) is 11.5 Å². The van der Waals surface area contributed by atoms with Crippen LogP contribution in [0.1, 0.15) is 18.4 Å². The van der Waals surface area contributed by atoms with Crippen molar-refractivity contribution < 1.29 is 14.2 Å². The predicted molar refractivity (Wildman–Crippen MR) is 78.4 cm³/mol. The van der Waals surface area contributed by atoms with E-state index in [9.17, 15) is 9.50 Å². The summed E-state index contributed by atoms with van der Waals surface area (Å²) in [5.74, 6) is 0.369. The van der Waals surface area contributed by atoms with Crippen LogP contribution in [0.5, 0.6) is 11.5 Å². The summed E-state index contributed by atoms with van der Waals surface area (Å²) in [6.45, 7) is 1.69. The van der Waals surface area contributed by atoms with Gasteiger partial charge in [-0.1, -0.05) is 30.1 Å². The Morgan fingerprint density at radius 3 is 2.55 bits per heavy atom. The smallest absolute Gasteiger partial charge is 0.131 e. The van der Waals surface area contributed by atoms with Gasteiger partial charge in [-0.15, -0.1) is 0 Å². The summed E-state index contributed by atoms with van der Waals surface area (Å²) in [5.41, 5.74) is 0.596. The van der Waals surface area contributed by atoms with E-state index >= 15 is 0 Å². The van der Waals surface area contributed by atoms with Gasteiger partial charge < -0.3 is 9.84 Å². The van der Waals surface area contributed by atoms with Crippen LogP contribution < -0.4 is 4.74 Å². The molecule has 0 bridgehead atoms. The SMILES string of the molecule is CC(CO)c1cc(F)ccc1Oc1ccc(Cl)c(Cl)c1. The molecule has 0 fully saturated rings. The molecule has 2 aromatic rings. The van der Waals surface area contributed by atoms with Crippen molar-refractivity contribution in [3.63, 3.8) is 0 Å². The summed E-state index contributed by atoms with van der Waals surface area (Å²) >= 11 is 11.8. The Morgan fingerprint density at radius 2 is 1.90 bits per heavy atom. The van der Waals surface area contributed by atoms with Crippen LogP contribution in [0, 0.1) is 5.82 Å². The molecule has 106 valence electrons. The van der Waals surface area contributed by atoms with Crippen LogP contribution in [0.2, 0.25) is 10.0 Å². The average molecular weight is 315 g/mol. The van der Waals surface area contributed by atoms with Crippen LogP contribution in [0.3, 0.4) is 0 Å². The van der Waals surface area contributed by atoms with Gasteiger partial charge in [-0.2, -0.15) is 0 Å². The van der Waals surface area contributed by atoms with Crippen molar-refractivity contribution in [3.05, 3.63) is 57.8 Å². The molecule has 2 nitrogen and oxygen atoms in total. The molecule has 0 saturated carbocycles. The van der Waals surface area contributed by atoms with Crippen LogP contribution in [-0.2, 0) is 0 Å². The zero-order valence-corrected chi connectivity index (χ0v) is 12.2. The molecule has 0 aromatic heterocycles. The summed E-state index contributed by atoms with van der Waals surface area (Å²) in [4.78, 5) is 0.